The van der Waals surface area contributed by atoms with Gasteiger partial charge < -0.3 is 19.4 Å². The van der Waals surface area contributed by atoms with Crippen LogP contribution in [0.15, 0.2) is 59.8 Å². The van der Waals surface area contributed by atoms with Crippen molar-refractivity contribution in [2.45, 2.75) is 32.4 Å². The molecule has 208 valence electrons. The maximum Gasteiger partial charge on any atom is 0.416 e. The zero-order valence-corrected chi connectivity index (χ0v) is 21.6. The summed E-state index contributed by atoms with van der Waals surface area (Å²) >= 11 is 0. The van der Waals surface area contributed by atoms with E-state index < -0.39 is 29.4 Å². The number of ether oxygens (including phenoxy) is 1. The molecule has 2 aromatic rings. The fourth-order valence-electron chi connectivity index (χ4n) is 5.01. The van der Waals surface area contributed by atoms with Crippen LogP contribution in [0.4, 0.5) is 23.2 Å². The van der Waals surface area contributed by atoms with Crippen LogP contribution in [0.2, 0.25) is 0 Å². The molecule has 1 atom stereocenters. The van der Waals surface area contributed by atoms with Gasteiger partial charge in [-0.2, -0.15) is 13.2 Å². The van der Waals surface area contributed by atoms with Gasteiger partial charge in [0.25, 0.3) is 0 Å². The molecule has 1 unspecified atom stereocenters. The Balaban J connectivity index is 1.48. The molecule has 7 nitrogen and oxygen atoms in total. The second-order valence-electron chi connectivity index (χ2n) is 9.43. The zero-order valence-electron chi connectivity index (χ0n) is 21.6. The van der Waals surface area contributed by atoms with Crippen LogP contribution in [0.1, 0.15) is 37.3 Å². The van der Waals surface area contributed by atoms with Gasteiger partial charge in [-0.25, -0.2) is 9.18 Å². The first kappa shape index (κ1) is 28.1. The Labute approximate surface area is 223 Å². The standard InChI is InChI=1S/C28H29F4N3O4/c1-3-39-27(38)26-18(2)35(24(36)16-23(26)19-6-4-8-21(29)14-19)17-25(37)34-12-10-33(11-13-34)22-9-5-7-20(15-22)28(30,31)32/h4-9,14-15,23H,3,10-13,16-17H2,1-2H3. The number of alkyl halides is 3. The van der Waals surface area contributed by atoms with Gasteiger partial charge >= 0.3 is 12.1 Å². The fraction of sp³-hybridized carbons (Fsp3) is 0.393. The minimum atomic E-state index is -4.45. The van der Waals surface area contributed by atoms with E-state index in [4.69, 9.17) is 4.74 Å². The Morgan fingerprint density at radius 2 is 1.72 bits per heavy atom. The molecule has 1 saturated heterocycles. The van der Waals surface area contributed by atoms with Crippen LogP contribution in [0.5, 0.6) is 0 Å². The van der Waals surface area contributed by atoms with Crippen molar-refractivity contribution in [2.24, 2.45) is 0 Å². The molecule has 0 N–H and O–H groups in total. The van der Waals surface area contributed by atoms with E-state index in [0.29, 0.717) is 24.3 Å². The summed E-state index contributed by atoms with van der Waals surface area (Å²) in [4.78, 5) is 43.8. The number of hydrogen-bond acceptors (Lipinski definition) is 5. The Hall–Kier alpha value is -3.89. The van der Waals surface area contributed by atoms with E-state index in [-0.39, 0.29) is 55.7 Å². The predicted octanol–water partition coefficient (Wildman–Crippen LogP) is 4.35. The van der Waals surface area contributed by atoms with Crippen molar-refractivity contribution >= 4 is 23.5 Å². The molecule has 39 heavy (non-hydrogen) atoms. The molecule has 2 amide bonds. The van der Waals surface area contributed by atoms with Crippen molar-refractivity contribution in [2.75, 3.05) is 44.2 Å². The number of halogens is 4. The molecule has 0 aliphatic carbocycles. The number of nitrogens with zero attached hydrogens (tertiary/aromatic N) is 3. The zero-order chi connectivity index (χ0) is 28.3. The summed E-state index contributed by atoms with van der Waals surface area (Å²) in [5.74, 6) is -2.58. The van der Waals surface area contributed by atoms with E-state index in [1.54, 1.807) is 35.8 Å². The highest BCUT2D eigenvalue weighted by Crippen LogP contribution is 2.37. The van der Waals surface area contributed by atoms with Crippen molar-refractivity contribution in [1.82, 2.24) is 9.80 Å². The van der Waals surface area contributed by atoms with Crippen molar-refractivity contribution in [3.63, 3.8) is 0 Å². The highest BCUT2D eigenvalue weighted by atomic mass is 19.4. The van der Waals surface area contributed by atoms with Crippen LogP contribution in [0.25, 0.3) is 0 Å². The average Bonchev–Trinajstić information content (AvgIpc) is 2.90. The molecule has 0 saturated carbocycles. The molecule has 0 radical (unpaired) electrons. The van der Waals surface area contributed by atoms with Gasteiger partial charge in [0.05, 0.1) is 17.7 Å². The molecule has 2 aromatic carbocycles. The van der Waals surface area contributed by atoms with Gasteiger partial charge in [-0.15, -0.1) is 0 Å². The lowest BCUT2D eigenvalue weighted by Crippen LogP contribution is -2.52. The van der Waals surface area contributed by atoms with Gasteiger partial charge in [0.1, 0.15) is 12.4 Å². The van der Waals surface area contributed by atoms with Gasteiger partial charge in [-0.1, -0.05) is 18.2 Å². The third-order valence-corrected chi connectivity index (χ3v) is 7.03. The van der Waals surface area contributed by atoms with Gasteiger partial charge in [-0.3, -0.25) is 9.59 Å². The molecule has 11 heteroatoms. The average molecular weight is 548 g/mol. The number of anilines is 1. The SMILES string of the molecule is CCOC(=O)C1=C(C)N(CC(=O)N2CCN(c3cccc(C(F)(F)F)c3)CC2)C(=O)CC1c1cccc(F)c1. The summed E-state index contributed by atoms with van der Waals surface area (Å²) < 4.78 is 58.4. The van der Waals surface area contributed by atoms with Gasteiger partial charge in [-0.05, 0) is 49.7 Å². The van der Waals surface area contributed by atoms with Crippen LogP contribution in [0, 0.1) is 5.82 Å². The van der Waals surface area contributed by atoms with E-state index >= 15 is 0 Å². The van der Waals surface area contributed by atoms with Crippen molar-refractivity contribution in [3.05, 3.63) is 76.7 Å². The Morgan fingerprint density at radius 3 is 2.36 bits per heavy atom. The molecule has 2 heterocycles. The van der Waals surface area contributed by atoms with Crippen molar-refractivity contribution in [1.29, 1.82) is 0 Å². The molecule has 4 rings (SSSR count). The molecule has 2 aliphatic rings. The van der Waals surface area contributed by atoms with Crippen LogP contribution in [0.3, 0.4) is 0 Å². The lowest BCUT2D eigenvalue weighted by atomic mass is 9.83. The third kappa shape index (κ3) is 6.23. The molecule has 2 aliphatic heterocycles. The van der Waals surface area contributed by atoms with Crippen molar-refractivity contribution < 1.29 is 36.7 Å². The number of allylic oxidation sites excluding steroid dienone is 1. The minimum Gasteiger partial charge on any atom is -0.463 e. The number of carbonyl (C=O) groups excluding carboxylic acids is 3. The fourth-order valence-corrected chi connectivity index (χ4v) is 5.01. The number of rotatable bonds is 6. The maximum absolute atomic E-state index is 13.9. The van der Waals surface area contributed by atoms with E-state index in [9.17, 15) is 31.9 Å². The number of benzene rings is 2. The highest BCUT2D eigenvalue weighted by molar-refractivity contribution is 5.97. The van der Waals surface area contributed by atoms with E-state index in [1.807, 2.05) is 0 Å². The van der Waals surface area contributed by atoms with Gasteiger partial charge in [0.15, 0.2) is 0 Å². The van der Waals surface area contributed by atoms with Crippen LogP contribution >= 0.6 is 0 Å². The summed E-state index contributed by atoms with van der Waals surface area (Å²) in [5.41, 5.74) is 0.615. The second kappa shape index (κ2) is 11.5. The first-order valence-corrected chi connectivity index (χ1v) is 12.6. The summed E-state index contributed by atoms with van der Waals surface area (Å²) in [6.45, 7) is 4.19. The summed E-state index contributed by atoms with van der Waals surface area (Å²) in [6, 6.07) is 10.7. The summed E-state index contributed by atoms with van der Waals surface area (Å²) in [6.07, 6.45) is -4.58. The monoisotopic (exact) mass is 547 g/mol. The number of amides is 2. The molecule has 0 aromatic heterocycles. The number of hydrogen-bond donors (Lipinski definition) is 0. The van der Waals surface area contributed by atoms with E-state index in [2.05, 4.69) is 0 Å². The normalized spacial score (nSPS) is 18.5. The van der Waals surface area contributed by atoms with Crippen LogP contribution < -0.4 is 4.90 Å². The number of carbonyl (C=O) groups is 3. The summed E-state index contributed by atoms with van der Waals surface area (Å²) in [7, 11) is 0. The molecule has 1 fully saturated rings. The Bertz CT molecular complexity index is 1290. The topological polar surface area (TPSA) is 70.2 Å². The van der Waals surface area contributed by atoms with Crippen LogP contribution in [-0.2, 0) is 25.3 Å². The lowest BCUT2D eigenvalue weighted by molar-refractivity contribution is -0.142. The molecule has 0 bridgehead atoms. The van der Waals surface area contributed by atoms with Crippen molar-refractivity contribution in [3.8, 4) is 0 Å². The van der Waals surface area contributed by atoms with E-state index in [0.717, 1.165) is 12.1 Å². The second-order valence-corrected chi connectivity index (χ2v) is 9.43. The Kier molecular flexibility index (Phi) is 8.27. The number of esters is 1. The predicted molar refractivity (Wildman–Crippen MR) is 135 cm³/mol. The van der Waals surface area contributed by atoms with E-state index in [1.165, 1.54) is 29.2 Å². The van der Waals surface area contributed by atoms with Crippen LogP contribution in [-0.4, -0.2) is 66.9 Å². The molecular formula is C28H29F4N3O4. The lowest BCUT2D eigenvalue weighted by Gasteiger charge is -2.38. The number of piperazine rings is 1. The smallest absolute Gasteiger partial charge is 0.416 e. The Morgan fingerprint density at radius 1 is 1.03 bits per heavy atom. The van der Waals surface area contributed by atoms with Gasteiger partial charge in [0.2, 0.25) is 11.8 Å². The highest BCUT2D eigenvalue weighted by Gasteiger charge is 2.38. The molecular weight excluding hydrogens is 518 g/mol. The third-order valence-electron chi connectivity index (χ3n) is 7.03. The first-order chi connectivity index (χ1) is 18.5. The molecule has 0 spiro atoms. The summed E-state index contributed by atoms with van der Waals surface area (Å²) in [5, 5.41) is 0. The van der Waals surface area contributed by atoms with Gasteiger partial charge in [0, 0.05) is 49.9 Å². The largest absolute Gasteiger partial charge is 0.463 e. The maximum atomic E-state index is 13.9. The quantitative estimate of drug-likeness (QED) is 0.398. The minimum absolute atomic E-state index is 0.106. The first-order valence-electron chi connectivity index (χ1n) is 12.6.